The molecule has 0 spiro atoms. The normalized spacial score (nSPS) is 15.6. The largest absolute Gasteiger partial charge is 0.378 e. The first-order chi connectivity index (χ1) is 10.1. The molecule has 1 saturated heterocycles. The molecule has 0 saturated carbocycles. The van der Waals surface area contributed by atoms with Gasteiger partial charge in [-0.1, -0.05) is 6.08 Å². The number of nitrogens with zero attached hydrogens (tertiary/aromatic N) is 3. The van der Waals surface area contributed by atoms with Crippen molar-refractivity contribution in [1.82, 2.24) is 9.80 Å². The van der Waals surface area contributed by atoms with Crippen LogP contribution in [0.25, 0.3) is 0 Å². The van der Waals surface area contributed by atoms with Gasteiger partial charge in [0.05, 0.1) is 0 Å². The quantitative estimate of drug-likeness (QED) is 0.862. The number of hydrogen-bond donors (Lipinski definition) is 1. The Bertz CT molecular complexity index is 476. The number of nitrogens with one attached hydrogen (secondary N) is 1. The Morgan fingerprint density at radius 1 is 1.24 bits per heavy atom. The number of piperazine rings is 1. The molecule has 1 aromatic carbocycles. The lowest BCUT2D eigenvalue weighted by Gasteiger charge is -2.34. The molecule has 1 N–H and O–H groups in total. The van der Waals surface area contributed by atoms with E-state index in [0.717, 1.165) is 44.1 Å². The molecule has 2 amide bonds. The van der Waals surface area contributed by atoms with Crippen LogP contribution in [0.2, 0.25) is 0 Å². The first-order valence-corrected chi connectivity index (χ1v) is 7.26. The summed E-state index contributed by atoms with van der Waals surface area (Å²) in [5.41, 5.74) is 1.95. The number of rotatable bonds is 4. The highest BCUT2D eigenvalue weighted by molar-refractivity contribution is 5.89. The Kier molecular flexibility index (Phi) is 5.22. The van der Waals surface area contributed by atoms with Crippen LogP contribution in [0.4, 0.5) is 16.2 Å². The molecule has 1 aromatic rings. The van der Waals surface area contributed by atoms with Gasteiger partial charge in [0.25, 0.3) is 0 Å². The van der Waals surface area contributed by atoms with Crippen molar-refractivity contribution in [3.8, 4) is 0 Å². The fourth-order valence-electron chi connectivity index (χ4n) is 2.36. The van der Waals surface area contributed by atoms with Gasteiger partial charge in [-0.05, 0) is 24.3 Å². The summed E-state index contributed by atoms with van der Waals surface area (Å²) in [6.45, 7) is 7.96. The maximum atomic E-state index is 12.2. The average molecular weight is 288 g/mol. The van der Waals surface area contributed by atoms with Crippen molar-refractivity contribution >= 4 is 17.4 Å². The van der Waals surface area contributed by atoms with Gasteiger partial charge in [-0.15, -0.1) is 6.58 Å². The fourth-order valence-corrected chi connectivity index (χ4v) is 2.36. The maximum absolute atomic E-state index is 12.2. The van der Waals surface area contributed by atoms with Crippen LogP contribution >= 0.6 is 0 Å². The lowest BCUT2D eigenvalue weighted by Crippen LogP contribution is -2.49. The number of amides is 2. The van der Waals surface area contributed by atoms with Crippen molar-refractivity contribution in [2.24, 2.45) is 0 Å². The van der Waals surface area contributed by atoms with Crippen LogP contribution in [0.3, 0.4) is 0 Å². The summed E-state index contributed by atoms with van der Waals surface area (Å²) in [6.07, 6.45) is 1.90. The lowest BCUT2D eigenvalue weighted by atomic mass is 10.2. The van der Waals surface area contributed by atoms with E-state index in [0.29, 0.717) is 0 Å². The highest BCUT2D eigenvalue weighted by Crippen LogP contribution is 2.16. The van der Waals surface area contributed by atoms with E-state index in [9.17, 15) is 4.79 Å². The van der Waals surface area contributed by atoms with Crippen molar-refractivity contribution in [1.29, 1.82) is 0 Å². The van der Waals surface area contributed by atoms with Crippen molar-refractivity contribution < 1.29 is 4.79 Å². The van der Waals surface area contributed by atoms with Gasteiger partial charge in [0, 0.05) is 58.2 Å². The second-order valence-corrected chi connectivity index (χ2v) is 5.45. The smallest absolute Gasteiger partial charge is 0.321 e. The Morgan fingerprint density at radius 3 is 2.38 bits per heavy atom. The van der Waals surface area contributed by atoms with Crippen LogP contribution in [0.1, 0.15) is 0 Å². The van der Waals surface area contributed by atoms with Gasteiger partial charge in [0.15, 0.2) is 0 Å². The zero-order chi connectivity index (χ0) is 15.2. The van der Waals surface area contributed by atoms with Gasteiger partial charge in [-0.2, -0.15) is 0 Å². The zero-order valence-corrected chi connectivity index (χ0v) is 12.9. The summed E-state index contributed by atoms with van der Waals surface area (Å²) in [5.74, 6) is 0. The van der Waals surface area contributed by atoms with E-state index >= 15 is 0 Å². The van der Waals surface area contributed by atoms with Gasteiger partial charge in [-0.3, -0.25) is 4.90 Å². The van der Waals surface area contributed by atoms with E-state index < -0.39 is 0 Å². The monoisotopic (exact) mass is 288 g/mol. The van der Waals surface area contributed by atoms with Crippen LogP contribution < -0.4 is 10.2 Å². The second kappa shape index (κ2) is 7.13. The van der Waals surface area contributed by atoms with Crippen LogP contribution in [-0.4, -0.2) is 62.7 Å². The van der Waals surface area contributed by atoms with Crippen molar-refractivity contribution in [3.63, 3.8) is 0 Å². The number of carbonyl (C=O) groups excluding carboxylic acids is 1. The van der Waals surface area contributed by atoms with Crippen molar-refractivity contribution in [3.05, 3.63) is 36.9 Å². The number of anilines is 2. The molecule has 0 aliphatic carbocycles. The average Bonchev–Trinajstić information content (AvgIpc) is 2.49. The van der Waals surface area contributed by atoms with Gasteiger partial charge < -0.3 is 15.1 Å². The minimum absolute atomic E-state index is 0.0224. The Hall–Kier alpha value is -2.01. The summed E-state index contributed by atoms with van der Waals surface area (Å²) >= 11 is 0. The Morgan fingerprint density at radius 2 is 1.86 bits per heavy atom. The second-order valence-electron chi connectivity index (χ2n) is 5.45. The van der Waals surface area contributed by atoms with E-state index in [1.54, 1.807) is 0 Å². The highest BCUT2D eigenvalue weighted by Gasteiger charge is 2.20. The first-order valence-electron chi connectivity index (χ1n) is 7.26. The van der Waals surface area contributed by atoms with Crippen LogP contribution in [0.5, 0.6) is 0 Å². The Balaban J connectivity index is 1.86. The molecular weight excluding hydrogens is 264 g/mol. The van der Waals surface area contributed by atoms with E-state index in [2.05, 4.69) is 16.8 Å². The lowest BCUT2D eigenvalue weighted by molar-refractivity contribution is 0.156. The minimum atomic E-state index is -0.0224. The highest BCUT2D eigenvalue weighted by atomic mass is 16.2. The summed E-state index contributed by atoms with van der Waals surface area (Å²) in [4.78, 5) is 18.4. The molecule has 21 heavy (non-hydrogen) atoms. The van der Waals surface area contributed by atoms with Gasteiger partial charge in [-0.25, -0.2) is 4.79 Å². The number of hydrogen-bond acceptors (Lipinski definition) is 3. The van der Waals surface area contributed by atoms with Crippen LogP contribution in [-0.2, 0) is 0 Å². The third kappa shape index (κ3) is 4.23. The predicted octanol–water partition coefficient (Wildman–Crippen LogP) is 2.09. The SMILES string of the molecule is C=CCN1CCN(C(=O)Nc2ccc(N(C)C)cc2)CC1. The van der Waals surface area contributed by atoms with Crippen molar-refractivity contribution in [2.45, 2.75) is 0 Å². The van der Waals surface area contributed by atoms with Gasteiger partial charge in [0.1, 0.15) is 0 Å². The predicted molar refractivity (Wildman–Crippen MR) is 88.0 cm³/mol. The molecule has 2 rings (SSSR count). The Labute approximate surface area is 126 Å². The maximum Gasteiger partial charge on any atom is 0.321 e. The van der Waals surface area contributed by atoms with E-state index in [4.69, 9.17) is 0 Å². The molecule has 114 valence electrons. The van der Waals surface area contributed by atoms with E-state index in [-0.39, 0.29) is 6.03 Å². The molecule has 0 aromatic heterocycles. The standard InChI is InChI=1S/C16H24N4O/c1-4-9-19-10-12-20(13-11-19)16(21)17-14-5-7-15(8-6-14)18(2)3/h4-8H,1,9-13H2,2-3H3,(H,17,21). The number of urea groups is 1. The third-order valence-electron chi connectivity index (χ3n) is 3.68. The third-order valence-corrected chi connectivity index (χ3v) is 3.68. The summed E-state index contributed by atoms with van der Waals surface area (Å²) in [6, 6.07) is 7.84. The molecular formula is C16H24N4O. The summed E-state index contributed by atoms with van der Waals surface area (Å²) in [5, 5.41) is 2.95. The molecule has 1 aliphatic heterocycles. The van der Waals surface area contributed by atoms with Crippen LogP contribution in [0, 0.1) is 0 Å². The molecule has 0 atom stereocenters. The zero-order valence-electron chi connectivity index (χ0n) is 12.9. The summed E-state index contributed by atoms with van der Waals surface area (Å²) < 4.78 is 0. The fraction of sp³-hybridized carbons (Fsp3) is 0.438. The first kappa shape index (κ1) is 15.4. The molecule has 1 heterocycles. The van der Waals surface area contributed by atoms with Gasteiger partial charge >= 0.3 is 6.03 Å². The molecule has 5 nitrogen and oxygen atoms in total. The molecule has 5 heteroatoms. The summed E-state index contributed by atoms with van der Waals surface area (Å²) in [7, 11) is 3.99. The molecule has 1 fully saturated rings. The molecule has 0 radical (unpaired) electrons. The van der Waals surface area contributed by atoms with E-state index in [1.807, 2.05) is 54.2 Å². The topological polar surface area (TPSA) is 38.8 Å². The molecule has 0 unspecified atom stereocenters. The van der Waals surface area contributed by atoms with Crippen molar-refractivity contribution in [2.75, 3.05) is 57.0 Å². The van der Waals surface area contributed by atoms with E-state index in [1.165, 1.54) is 0 Å². The number of benzene rings is 1. The number of carbonyl (C=O) groups is 1. The minimum Gasteiger partial charge on any atom is -0.378 e. The molecule has 1 aliphatic rings. The van der Waals surface area contributed by atoms with Crippen LogP contribution in [0.15, 0.2) is 36.9 Å². The molecule has 0 bridgehead atoms. The van der Waals surface area contributed by atoms with Gasteiger partial charge in [0.2, 0.25) is 0 Å².